The molecule has 2 unspecified atom stereocenters. The Bertz CT molecular complexity index is 386. The van der Waals surface area contributed by atoms with E-state index in [1.54, 1.807) is 14.2 Å². The zero-order valence-corrected chi connectivity index (χ0v) is 10.1. The Kier molecular flexibility index (Phi) is 3.63. The van der Waals surface area contributed by atoms with Gasteiger partial charge in [0.25, 0.3) is 0 Å². The standard InChI is InChI=1S/C11H18N4O2/c1-16-8-4-3-7(5-8)15-11-9(17-2)10(12)13-6-14-11/h6-8H,3-5H2,1-2H3,(H3,12,13,14,15). The van der Waals surface area contributed by atoms with Gasteiger partial charge in [0.2, 0.25) is 5.75 Å². The normalized spacial score (nSPS) is 23.6. The fourth-order valence-electron chi connectivity index (χ4n) is 2.17. The van der Waals surface area contributed by atoms with Crippen molar-refractivity contribution in [3.05, 3.63) is 6.33 Å². The summed E-state index contributed by atoms with van der Waals surface area (Å²) in [4.78, 5) is 8.05. The average Bonchev–Trinajstić information content (AvgIpc) is 2.77. The van der Waals surface area contributed by atoms with Gasteiger partial charge in [-0.1, -0.05) is 0 Å². The Labute approximate surface area is 101 Å². The van der Waals surface area contributed by atoms with Gasteiger partial charge in [-0.15, -0.1) is 0 Å². The van der Waals surface area contributed by atoms with Crippen LogP contribution in [0.25, 0.3) is 0 Å². The van der Waals surface area contributed by atoms with E-state index in [1.165, 1.54) is 6.33 Å². The predicted octanol–water partition coefficient (Wildman–Crippen LogP) is 1.05. The highest BCUT2D eigenvalue weighted by Gasteiger charge is 2.25. The Morgan fingerprint density at radius 2 is 2.18 bits per heavy atom. The molecule has 0 bridgehead atoms. The highest BCUT2D eigenvalue weighted by Crippen LogP contribution is 2.30. The van der Waals surface area contributed by atoms with Crippen molar-refractivity contribution < 1.29 is 9.47 Å². The number of hydrogen-bond donors (Lipinski definition) is 2. The molecule has 0 saturated heterocycles. The van der Waals surface area contributed by atoms with Gasteiger partial charge in [0, 0.05) is 13.2 Å². The number of methoxy groups -OCH3 is 2. The first-order valence-corrected chi connectivity index (χ1v) is 5.68. The van der Waals surface area contributed by atoms with Crippen LogP contribution in [0.2, 0.25) is 0 Å². The third-order valence-corrected chi connectivity index (χ3v) is 3.09. The van der Waals surface area contributed by atoms with Crippen LogP contribution in [-0.4, -0.2) is 36.3 Å². The van der Waals surface area contributed by atoms with Crippen LogP contribution in [0.3, 0.4) is 0 Å². The summed E-state index contributed by atoms with van der Waals surface area (Å²) in [6.07, 6.45) is 4.87. The molecule has 2 atom stereocenters. The van der Waals surface area contributed by atoms with Crippen LogP contribution >= 0.6 is 0 Å². The van der Waals surface area contributed by atoms with E-state index in [-0.39, 0.29) is 0 Å². The van der Waals surface area contributed by atoms with Crippen molar-refractivity contribution in [3.8, 4) is 5.75 Å². The van der Waals surface area contributed by atoms with Crippen molar-refractivity contribution in [2.75, 3.05) is 25.3 Å². The number of aromatic nitrogens is 2. The van der Waals surface area contributed by atoms with Gasteiger partial charge in [0.1, 0.15) is 6.33 Å². The third kappa shape index (κ3) is 2.58. The zero-order valence-electron chi connectivity index (χ0n) is 10.1. The number of nitrogens with zero attached hydrogens (tertiary/aromatic N) is 2. The Balaban J connectivity index is 2.06. The molecule has 2 rings (SSSR count). The van der Waals surface area contributed by atoms with Crippen molar-refractivity contribution in [2.45, 2.75) is 31.4 Å². The van der Waals surface area contributed by atoms with Gasteiger partial charge >= 0.3 is 0 Å². The maximum absolute atomic E-state index is 5.72. The maximum Gasteiger partial charge on any atom is 0.203 e. The van der Waals surface area contributed by atoms with E-state index in [0.29, 0.717) is 29.5 Å². The number of rotatable bonds is 4. The molecule has 0 spiro atoms. The van der Waals surface area contributed by atoms with Crippen LogP contribution in [0.1, 0.15) is 19.3 Å². The quantitative estimate of drug-likeness (QED) is 0.815. The van der Waals surface area contributed by atoms with Crippen LogP contribution in [0.5, 0.6) is 5.75 Å². The third-order valence-electron chi connectivity index (χ3n) is 3.09. The van der Waals surface area contributed by atoms with Crippen LogP contribution < -0.4 is 15.8 Å². The first-order chi connectivity index (χ1) is 8.24. The molecule has 1 aromatic rings. The molecule has 1 heterocycles. The summed E-state index contributed by atoms with van der Waals surface area (Å²) in [5.41, 5.74) is 5.72. The van der Waals surface area contributed by atoms with Crippen LogP contribution in [0.15, 0.2) is 6.33 Å². The van der Waals surface area contributed by atoms with Gasteiger partial charge in [-0.05, 0) is 19.3 Å². The highest BCUT2D eigenvalue weighted by molar-refractivity contribution is 5.61. The van der Waals surface area contributed by atoms with E-state index < -0.39 is 0 Å². The smallest absolute Gasteiger partial charge is 0.203 e. The van der Waals surface area contributed by atoms with Crippen molar-refractivity contribution in [2.24, 2.45) is 0 Å². The fourth-order valence-corrected chi connectivity index (χ4v) is 2.17. The van der Waals surface area contributed by atoms with Crippen molar-refractivity contribution in [1.29, 1.82) is 0 Å². The fraction of sp³-hybridized carbons (Fsp3) is 0.636. The van der Waals surface area contributed by atoms with Gasteiger partial charge < -0.3 is 20.5 Å². The number of nitrogen functional groups attached to an aromatic ring is 1. The molecular weight excluding hydrogens is 220 g/mol. The molecular formula is C11H18N4O2. The molecule has 1 saturated carbocycles. The van der Waals surface area contributed by atoms with E-state index >= 15 is 0 Å². The summed E-state index contributed by atoms with van der Waals surface area (Å²) < 4.78 is 10.5. The number of nitrogens with two attached hydrogens (primary N) is 1. The minimum atomic E-state index is 0.331. The molecule has 1 aromatic heterocycles. The summed E-state index contributed by atoms with van der Waals surface area (Å²) in [5.74, 6) is 1.52. The molecule has 0 amide bonds. The summed E-state index contributed by atoms with van der Waals surface area (Å²) in [6, 6.07) is 0.350. The predicted molar refractivity (Wildman–Crippen MR) is 65.1 cm³/mol. The van der Waals surface area contributed by atoms with Crippen LogP contribution in [0, 0.1) is 0 Å². The van der Waals surface area contributed by atoms with E-state index in [4.69, 9.17) is 15.2 Å². The minimum absolute atomic E-state index is 0.331. The molecule has 0 radical (unpaired) electrons. The van der Waals surface area contributed by atoms with Crippen molar-refractivity contribution in [1.82, 2.24) is 9.97 Å². The van der Waals surface area contributed by atoms with Crippen molar-refractivity contribution >= 4 is 11.6 Å². The second kappa shape index (κ2) is 5.18. The lowest BCUT2D eigenvalue weighted by atomic mass is 10.2. The largest absolute Gasteiger partial charge is 0.490 e. The average molecular weight is 238 g/mol. The molecule has 17 heavy (non-hydrogen) atoms. The van der Waals surface area contributed by atoms with E-state index in [2.05, 4.69) is 15.3 Å². The topological polar surface area (TPSA) is 82.3 Å². The lowest BCUT2D eigenvalue weighted by molar-refractivity contribution is 0.108. The number of hydrogen-bond acceptors (Lipinski definition) is 6. The summed E-state index contributed by atoms with van der Waals surface area (Å²) in [7, 11) is 3.31. The van der Waals surface area contributed by atoms with Crippen LogP contribution in [-0.2, 0) is 4.74 Å². The first-order valence-electron chi connectivity index (χ1n) is 5.68. The van der Waals surface area contributed by atoms with E-state index in [0.717, 1.165) is 19.3 Å². The summed E-state index contributed by atoms with van der Waals surface area (Å²) >= 11 is 0. The molecule has 94 valence electrons. The lowest BCUT2D eigenvalue weighted by Crippen LogP contribution is -2.19. The molecule has 1 aliphatic rings. The van der Waals surface area contributed by atoms with Gasteiger partial charge in [-0.25, -0.2) is 9.97 Å². The Morgan fingerprint density at radius 3 is 2.82 bits per heavy atom. The van der Waals surface area contributed by atoms with Crippen molar-refractivity contribution in [3.63, 3.8) is 0 Å². The molecule has 1 fully saturated rings. The maximum atomic E-state index is 5.72. The highest BCUT2D eigenvalue weighted by atomic mass is 16.5. The van der Waals surface area contributed by atoms with Gasteiger partial charge in [0.15, 0.2) is 11.6 Å². The van der Waals surface area contributed by atoms with Gasteiger partial charge in [-0.2, -0.15) is 0 Å². The van der Waals surface area contributed by atoms with E-state index in [9.17, 15) is 0 Å². The molecule has 0 aromatic carbocycles. The molecule has 3 N–H and O–H groups in total. The number of anilines is 2. The summed E-state index contributed by atoms with van der Waals surface area (Å²) in [5, 5.41) is 3.33. The first kappa shape index (κ1) is 11.9. The molecule has 6 heteroatoms. The SMILES string of the molecule is COc1c(N)ncnc1NC1CCC(OC)C1. The van der Waals surface area contributed by atoms with Gasteiger partial charge in [0.05, 0.1) is 13.2 Å². The second-order valence-electron chi connectivity index (χ2n) is 4.15. The lowest BCUT2D eigenvalue weighted by Gasteiger charge is -2.16. The Morgan fingerprint density at radius 1 is 1.35 bits per heavy atom. The van der Waals surface area contributed by atoms with Gasteiger partial charge in [-0.3, -0.25) is 0 Å². The molecule has 1 aliphatic carbocycles. The Hall–Kier alpha value is -1.56. The monoisotopic (exact) mass is 238 g/mol. The van der Waals surface area contributed by atoms with E-state index in [1.807, 2.05) is 0 Å². The van der Waals surface area contributed by atoms with Crippen LogP contribution in [0.4, 0.5) is 11.6 Å². The number of nitrogens with one attached hydrogen (secondary N) is 1. The minimum Gasteiger partial charge on any atom is -0.490 e. The zero-order chi connectivity index (χ0) is 12.3. The molecule has 0 aliphatic heterocycles. The second-order valence-corrected chi connectivity index (χ2v) is 4.15. The summed E-state index contributed by atoms with van der Waals surface area (Å²) in [6.45, 7) is 0. The molecule has 6 nitrogen and oxygen atoms in total. The number of ether oxygens (including phenoxy) is 2.